The Morgan fingerprint density at radius 2 is 2.05 bits per heavy atom. The summed E-state index contributed by atoms with van der Waals surface area (Å²) in [5, 5.41) is 0. The van der Waals surface area contributed by atoms with E-state index >= 15 is 0 Å². The Hall–Kier alpha value is -2.20. The molecule has 0 saturated heterocycles. The molecule has 1 unspecified atom stereocenters. The van der Waals surface area contributed by atoms with Crippen LogP contribution >= 0.6 is 0 Å². The minimum absolute atomic E-state index is 0.0783. The van der Waals surface area contributed by atoms with Crippen LogP contribution in [0.2, 0.25) is 0 Å². The molecule has 4 heteroatoms. The topological polar surface area (TPSA) is 46.3 Å². The lowest BCUT2D eigenvalue weighted by atomic mass is 9.97. The van der Waals surface area contributed by atoms with Gasteiger partial charge in [0.25, 0.3) is 5.91 Å². The molecule has 0 aliphatic carbocycles. The maximum absolute atomic E-state index is 13.4. The Labute approximate surface area is 123 Å². The molecule has 2 aromatic carbocycles. The average Bonchev–Trinajstić information content (AvgIpc) is 2.48. The second-order valence-corrected chi connectivity index (χ2v) is 5.47. The van der Waals surface area contributed by atoms with Crippen molar-refractivity contribution in [1.82, 2.24) is 0 Å². The number of nitrogens with zero attached hydrogens (tertiary/aromatic N) is 1. The number of hydrogen-bond donors (Lipinski definition) is 1. The van der Waals surface area contributed by atoms with Gasteiger partial charge in [-0.05, 0) is 48.7 Å². The SMILES string of the molecule is Cc1cc(C(=O)N2CC(N)Cc3ccccc32)ccc1F. The predicted octanol–water partition coefficient (Wildman–Crippen LogP) is 2.66. The number of fused-ring (bicyclic) bond motifs is 1. The van der Waals surface area contributed by atoms with Gasteiger partial charge in [0.2, 0.25) is 0 Å². The smallest absolute Gasteiger partial charge is 0.258 e. The lowest BCUT2D eigenvalue weighted by Gasteiger charge is -2.33. The highest BCUT2D eigenvalue weighted by Crippen LogP contribution is 2.28. The molecule has 0 saturated carbocycles. The van der Waals surface area contributed by atoms with Crippen LogP contribution in [0.5, 0.6) is 0 Å². The normalized spacial score (nSPS) is 17.5. The summed E-state index contributed by atoms with van der Waals surface area (Å²) in [7, 11) is 0. The molecule has 21 heavy (non-hydrogen) atoms. The fraction of sp³-hybridized carbons (Fsp3) is 0.235. The number of para-hydroxylation sites is 1. The lowest BCUT2D eigenvalue weighted by molar-refractivity contribution is 0.0983. The van der Waals surface area contributed by atoms with E-state index < -0.39 is 0 Å². The van der Waals surface area contributed by atoms with Crippen molar-refractivity contribution in [2.24, 2.45) is 5.73 Å². The van der Waals surface area contributed by atoms with Gasteiger partial charge in [-0.1, -0.05) is 18.2 Å². The number of nitrogens with two attached hydrogens (primary N) is 1. The second kappa shape index (κ2) is 5.30. The van der Waals surface area contributed by atoms with E-state index in [1.165, 1.54) is 12.1 Å². The van der Waals surface area contributed by atoms with E-state index in [2.05, 4.69) is 0 Å². The van der Waals surface area contributed by atoms with Crippen LogP contribution in [0.1, 0.15) is 21.5 Å². The summed E-state index contributed by atoms with van der Waals surface area (Å²) >= 11 is 0. The van der Waals surface area contributed by atoms with Crippen molar-refractivity contribution in [3.63, 3.8) is 0 Å². The number of anilines is 1. The Morgan fingerprint density at radius 1 is 1.29 bits per heavy atom. The van der Waals surface area contributed by atoms with Gasteiger partial charge < -0.3 is 10.6 Å². The van der Waals surface area contributed by atoms with Gasteiger partial charge in [0.05, 0.1) is 0 Å². The number of aryl methyl sites for hydroxylation is 1. The molecule has 1 atom stereocenters. The maximum Gasteiger partial charge on any atom is 0.258 e. The highest BCUT2D eigenvalue weighted by molar-refractivity contribution is 6.07. The summed E-state index contributed by atoms with van der Waals surface area (Å²) in [5.41, 5.74) is 8.98. The van der Waals surface area contributed by atoms with Crippen molar-refractivity contribution in [3.8, 4) is 0 Å². The first kappa shape index (κ1) is 13.8. The summed E-state index contributed by atoms with van der Waals surface area (Å²) < 4.78 is 13.4. The van der Waals surface area contributed by atoms with Crippen LogP contribution in [-0.2, 0) is 6.42 Å². The van der Waals surface area contributed by atoms with Gasteiger partial charge in [-0.2, -0.15) is 0 Å². The van der Waals surface area contributed by atoms with Crippen LogP contribution in [0.15, 0.2) is 42.5 Å². The van der Waals surface area contributed by atoms with E-state index in [1.54, 1.807) is 17.9 Å². The summed E-state index contributed by atoms with van der Waals surface area (Å²) in [6, 6.07) is 12.1. The van der Waals surface area contributed by atoms with Crippen molar-refractivity contribution in [2.45, 2.75) is 19.4 Å². The van der Waals surface area contributed by atoms with Gasteiger partial charge in [0.15, 0.2) is 0 Å². The summed E-state index contributed by atoms with van der Waals surface area (Å²) in [4.78, 5) is 14.4. The molecule has 2 aromatic rings. The highest BCUT2D eigenvalue weighted by Gasteiger charge is 2.27. The summed E-state index contributed by atoms with van der Waals surface area (Å²) in [5.74, 6) is -0.442. The number of amides is 1. The average molecular weight is 284 g/mol. The predicted molar refractivity (Wildman–Crippen MR) is 80.9 cm³/mol. The third-order valence-electron chi connectivity index (χ3n) is 3.83. The minimum Gasteiger partial charge on any atom is -0.326 e. The molecule has 3 nitrogen and oxygen atoms in total. The number of hydrogen-bond acceptors (Lipinski definition) is 2. The van der Waals surface area contributed by atoms with Crippen LogP contribution in [0.25, 0.3) is 0 Å². The van der Waals surface area contributed by atoms with Crippen LogP contribution in [0, 0.1) is 12.7 Å². The zero-order valence-electron chi connectivity index (χ0n) is 11.8. The Bertz CT molecular complexity index is 699. The largest absolute Gasteiger partial charge is 0.326 e. The monoisotopic (exact) mass is 284 g/mol. The van der Waals surface area contributed by atoms with E-state index in [1.807, 2.05) is 24.3 Å². The molecular weight excluding hydrogens is 267 g/mol. The summed E-state index contributed by atoms with van der Waals surface area (Å²) in [6.45, 7) is 2.13. The van der Waals surface area contributed by atoms with E-state index in [0.29, 0.717) is 17.7 Å². The molecule has 1 aliphatic heterocycles. The van der Waals surface area contributed by atoms with Crippen LogP contribution < -0.4 is 10.6 Å². The molecule has 108 valence electrons. The third kappa shape index (κ3) is 2.54. The first-order valence-corrected chi connectivity index (χ1v) is 6.98. The van der Waals surface area contributed by atoms with Crippen LogP contribution in [0.4, 0.5) is 10.1 Å². The standard InChI is InChI=1S/C17H17FN2O/c1-11-8-13(6-7-15(11)18)17(21)20-10-14(19)9-12-4-2-3-5-16(12)20/h2-8,14H,9-10,19H2,1H3. The van der Waals surface area contributed by atoms with Gasteiger partial charge in [0.1, 0.15) is 5.82 Å². The van der Waals surface area contributed by atoms with Gasteiger partial charge in [-0.3, -0.25) is 4.79 Å². The first-order valence-electron chi connectivity index (χ1n) is 6.98. The molecular formula is C17H17FN2O. The van der Waals surface area contributed by atoms with Crippen molar-refractivity contribution >= 4 is 11.6 Å². The molecule has 3 rings (SSSR count). The third-order valence-corrected chi connectivity index (χ3v) is 3.83. The lowest BCUT2D eigenvalue weighted by Crippen LogP contribution is -2.46. The molecule has 0 fully saturated rings. The number of carbonyl (C=O) groups is 1. The molecule has 1 heterocycles. The van der Waals surface area contributed by atoms with Crippen molar-refractivity contribution < 1.29 is 9.18 Å². The van der Waals surface area contributed by atoms with Gasteiger partial charge in [0, 0.05) is 23.8 Å². The number of carbonyl (C=O) groups excluding carboxylic acids is 1. The van der Waals surface area contributed by atoms with E-state index in [4.69, 9.17) is 5.73 Å². The molecule has 1 amide bonds. The fourth-order valence-electron chi connectivity index (χ4n) is 2.75. The van der Waals surface area contributed by atoms with Gasteiger partial charge >= 0.3 is 0 Å². The zero-order chi connectivity index (χ0) is 15.0. The Balaban J connectivity index is 1.99. The molecule has 2 N–H and O–H groups in total. The fourth-order valence-corrected chi connectivity index (χ4v) is 2.75. The molecule has 0 radical (unpaired) electrons. The minimum atomic E-state index is -0.303. The van der Waals surface area contributed by atoms with Crippen LogP contribution in [0.3, 0.4) is 0 Å². The van der Waals surface area contributed by atoms with Gasteiger partial charge in [-0.25, -0.2) is 4.39 Å². The van der Waals surface area contributed by atoms with Crippen molar-refractivity contribution in [2.75, 3.05) is 11.4 Å². The summed E-state index contributed by atoms with van der Waals surface area (Å²) in [6.07, 6.45) is 0.766. The molecule has 0 bridgehead atoms. The second-order valence-electron chi connectivity index (χ2n) is 5.47. The van der Waals surface area contributed by atoms with E-state index in [-0.39, 0.29) is 17.8 Å². The molecule has 1 aliphatic rings. The zero-order valence-corrected chi connectivity index (χ0v) is 11.8. The number of halogens is 1. The first-order chi connectivity index (χ1) is 10.1. The number of benzene rings is 2. The number of rotatable bonds is 1. The quantitative estimate of drug-likeness (QED) is 0.875. The van der Waals surface area contributed by atoms with Crippen molar-refractivity contribution in [3.05, 3.63) is 65.0 Å². The van der Waals surface area contributed by atoms with E-state index in [0.717, 1.165) is 17.7 Å². The van der Waals surface area contributed by atoms with E-state index in [9.17, 15) is 9.18 Å². The maximum atomic E-state index is 13.4. The highest BCUT2D eigenvalue weighted by atomic mass is 19.1. The van der Waals surface area contributed by atoms with Crippen molar-refractivity contribution in [1.29, 1.82) is 0 Å². The van der Waals surface area contributed by atoms with Crippen LogP contribution in [-0.4, -0.2) is 18.5 Å². The Kier molecular flexibility index (Phi) is 3.47. The Morgan fingerprint density at radius 3 is 2.81 bits per heavy atom. The molecule has 0 aromatic heterocycles. The van der Waals surface area contributed by atoms with Gasteiger partial charge in [-0.15, -0.1) is 0 Å². The molecule has 0 spiro atoms.